The lowest BCUT2D eigenvalue weighted by atomic mass is 9.78. The molecule has 0 saturated heterocycles. The molecule has 1 heterocycles. The van der Waals surface area contributed by atoms with Gasteiger partial charge in [-0.2, -0.15) is 0 Å². The number of hydrogen-bond acceptors (Lipinski definition) is 4. The van der Waals surface area contributed by atoms with E-state index in [0.29, 0.717) is 11.4 Å². The van der Waals surface area contributed by atoms with Crippen LogP contribution in [0, 0.1) is 6.92 Å². The number of nitrogens with zero attached hydrogens (tertiary/aromatic N) is 1. The Labute approximate surface area is 108 Å². The van der Waals surface area contributed by atoms with E-state index in [1.165, 1.54) is 6.42 Å². The van der Waals surface area contributed by atoms with E-state index in [2.05, 4.69) is 4.98 Å². The van der Waals surface area contributed by atoms with E-state index in [1.54, 1.807) is 13.3 Å². The summed E-state index contributed by atoms with van der Waals surface area (Å²) in [4.78, 5) is 4.12. The summed E-state index contributed by atoms with van der Waals surface area (Å²) >= 11 is 0. The van der Waals surface area contributed by atoms with Crippen LogP contribution in [0.25, 0.3) is 0 Å². The summed E-state index contributed by atoms with van der Waals surface area (Å²) in [6.07, 6.45) is 6.14. The molecule has 0 radical (unpaired) electrons. The molecule has 1 aromatic heterocycles. The SMILES string of the molecule is COC1(C(O)c2cc(C)cnc2N)CCCCC1. The van der Waals surface area contributed by atoms with Crippen molar-refractivity contribution in [2.45, 2.75) is 50.7 Å². The highest BCUT2D eigenvalue weighted by Gasteiger charge is 2.41. The Hall–Kier alpha value is -1.13. The molecule has 100 valence electrons. The van der Waals surface area contributed by atoms with Crippen molar-refractivity contribution in [3.05, 3.63) is 23.4 Å². The summed E-state index contributed by atoms with van der Waals surface area (Å²) in [5.74, 6) is 0.398. The summed E-state index contributed by atoms with van der Waals surface area (Å²) in [6, 6.07) is 1.91. The molecule has 0 aliphatic heterocycles. The maximum Gasteiger partial charge on any atom is 0.129 e. The van der Waals surface area contributed by atoms with Crippen molar-refractivity contribution in [3.63, 3.8) is 0 Å². The second-order valence-corrected chi connectivity index (χ2v) is 5.22. The third-order valence-electron chi connectivity index (χ3n) is 3.99. The summed E-state index contributed by atoms with van der Waals surface area (Å²) in [6.45, 7) is 1.95. The monoisotopic (exact) mass is 250 g/mol. The summed E-state index contributed by atoms with van der Waals surface area (Å²) in [5.41, 5.74) is 7.08. The van der Waals surface area contributed by atoms with Crippen LogP contribution in [0.2, 0.25) is 0 Å². The minimum Gasteiger partial charge on any atom is -0.385 e. The molecular formula is C14H22N2O2. The Bertz CT molecular complexity index is 414. The number of hydrogen-bond donors (Lipinski definition) is 2. The van der Waals surface area contributed by atoms with E-state index in [9.17, 15) is 5.11 Å². The molecule has 1 atom stereocenters. The van der Waals surface area contributed by atoms with Crippen LogP contribution in [0.4, 0.5) is 5.82 Å². The van der Waals surface area contributed by atoms with Crippen LogP contribution in [-0.4, -0.2) is 22.8 Å². The van der Waals surface area contributed by atoms with Crippen LogP contribution in [0.15, 0.2) is 12.3 Å². The van der Waals surface area contributed by atoms with Crippen LogP contribution >= 0.6 is 0 Å². The molecule has 0 spiro atoms. The predicted octanol–water partition coefficient (Wildman–Crippen LogP) is 2.35. The maximum absolute atomic E-state index is 10.7. The van der Waals surface area contributed by atoms with Crippen molar-refractivity contribution in [1.29, 1.82) is 0 Å². The molecular weight excluding hydrogens is 228 g/mol. The highest BCUT2D eigenvalue weighted by molar-refractivity contribution is 5.43. The Morgan fingerprint density at radius 2 is 2.06 bits per heavy atom. The fourth-order valence-electron chi connectivity index (χ4n) is 2.84. The summed E-state index contributed by atoms with van der Waals surface area (Å²) < 4.78 is 5.66. The van der Waals surface area contributed by atoms with E-state index >= 15 is 0 Å². The van der Waals surface area contributed by atoms with Gasteiger partial charge < -0.3 is 15.6 Å². The first-order valence-electron chi connectivity index (χ1n) is 6.54. The molecule has 2 rings (SSSR count). The zero-order chi connectivity index (χ0) is 13.2. The highest BCUT2D eigenvalue weighted by Crippen LogP contribution is 2.42. The van der Waals surface area contributed by atoms with Crippen molar-refractivity contribution in [3.8, 4) is 0 Å². The van der Waals surface area contributed by atoms with E-state index in [4.69, 9.17) is 10.5 Å². The van der Waals surface area contributed by atoms with Gasteiger partial charge in [-0.25, -0.2) is 4.98 Å². The van der Waals surface area contributed by atoms with Crippen molar-refractivity contribution in [2.75, 3.05) is 12.8 Å². The number of aromatic nitrogens is 1. The number of nitrogens with two attached hydrogens (primary N) is 1. The van der Waals surface area contributed by atoms with Gasteiger partial charge in [-0.15, -0.1) is 0 Å². The van der Waals surface area contributed by atoms with Gasteiger partial charge >= 0.3 is 0 Å². The van der Waals surface area contributed by atoms with Crippen LogP contribution in [0.3, 0.4) is 0 Å². The van der Waals surface area contributed by atoms with Crippen molar-refractivity contribution in [2.24, 2.45) is 0 Å². The normalized spacial score (nSPS) is 20.6. The molecule has 4 heteroatoms. The molecule has 1 aromatic rings. The first-order chi connectivity index (χ1) is 8.59. The van der Waals surface area contributed by atoms with Crippen LogP contribution < -0.4 is 5.73 Å². The lowest BCUT2D eigenvalue weighted by Gasteiger charge is -2.40. The van der Waals surface area contributed by atoms with Gasteiger partial charge in [0.2, 0.25) is 0 Å². The zero-order valence-electron chi connectivity index (χ0n) is 11.1. The molecule has 0 bridgehead atoms. The van der Waals surface area contributed by atoms with E-state index < -0.39 is 11.7 Å². The Morgan fingerprint density at radius 1 is 1.39 bits per heavy atom. The Morgan fingerprint density at radius 3 is 2.67 bits per heavy atom. The topological polar surface area (TPSA) is 68.4 Å². The second-order valence-electron chi connectivity index (χ2n) is 5.22. The zero-order valence-corrected chi connectivity index (χ0v) is 11.1. The van der Waals surface area contributed by atoms with Gasteiger partial charge in [0.05, 0.1) is 5.60 Å². The number of aliphatic hydroxyl groups is 1. The summed E-state index contributed by atoms with van der Waals surface area (Å²) in [7, 11) is 1.67. The van der Waals surface area contributed by atoms with Crippen LogP contribution in [-0.2, 0) is 4.74 Å². The van der Waals surface area contributed by atoms with Gasteiger partial charge in [-0.3, -0.25) is 0 Å². The van der Waals surface area contributed by atoms with Crippen LogP contribution in [0.5, 0.6) is 0 Å². The number of rotatable bonds is 3. The lowest BCUT2D eigenvalue weighted by molar-refractivity contribution is -0.125. The molecule has 0 amide bonds. The van der Waals surface area contributed by atoms with Crippen molar-refractivity contribution in [1.82, 2.24) is 4.98 Å². The number of anilines is 1. The fourth-order valence-corrected chi connectivity index (χ4v) is 2.84. The van der Waals surface area contributed by atoms with E-state index in [1.807, 2.05) is 13.0 Å². The average Bonchev–Trinajstić information content (AvgIpc) is 2.41. The van der Waals surface area contributed by atoms with Gasteiger partial charge in [-0.05, 0) is 31.4 Å². The van der Waals surface area contributed by atoms with Gasteiger partial charge in [0.1, 0.15) is 11.9 Å². The number of ether oxygens (including phenoxy) is 1. The number of methoxy groups -OCH3 is 1. The third-order valence-corrected chi connectivity index (χ3v) is 3.99. The molecule has 3 N–H and O–H groups in total. The fraction of sp³-hybridized carbons (Fsp3) is 0.643. The average molecular weight is 250 g/mol. The smallest absolute Gasteiger partial charge is 0.129 e. The van der Waals surface area contributed by atoms with Gasteiger partial charge in [0.25, 0.3) is 0 Å². The molecule has 1 fully saturated rings. The number of aliphatic hydroxyl groups excluding tert-OH is 1. The minimum absolute atomic E-state index is 0.398. The van der Waals surface area contributed by atoms with Gasteiger partial charge in [0, 0.05) is 18.9 Å². The molecule has 0 aromatic carbocycles. The highest BCUT2D eigenvalue weighted by atomic mass is 16.5. The first kappa shape index (κ1) is 13.3. The predicted molar refractivity (Wildman–Crippen MR) is 71.2 cm³/mol. The van der Waals surface area contributed by atoms with Gasteiger partial charge in [0.15, 0.2) is 0 Å². The molecule has 1 aliphatic rings. The van der Waals surface area contributed by atoms with E-state index in [-0.39, 0.29) is 0 Å². The number of aryl methyl sites for hydroxylation is 1. The number of nitrogen functional groups attached to an aromatic ring is 1. The molecule has 18 heavy (non-hydrogen) atoms. The number of pyridine rings is 1. The van der Waals surface area contributed by atoms with Gasteiger partial charge in [-0.1, -0.05) is 19.3 Å². The maximum atomic E-state index is 10.7. The standard InChI is InChI=1S/C14H22N2O2/c1-10-8-11(13(15)16-9-10)12(17)14(18-2)6-4-3-5-7-14/h8-9,12,17H,3-7H2,1-2H3,(H2,15,16). The minimum atomic E-state index is -0.699. The molecule has 1 saturated carbocycles. The van der Waals surface area contributed by atoms with Crippen molar-refractivity contribution < 1.29 is 9.84 Å². The Balaban J connectivity index is 2.33. The summed E-state index contributed by atoms with van der Waals surface area (Å²) in [5, 5.41) is 10.7. The Kier molecular flexibility index (Phi) is 3.88. The third kappa shape index (κ3) is 2.35. The van der Waals surface area contributed by atoms with E-state index in [0.717, 1.165) is 31.2 Å². The quantitative estimate of drug-likeness (QED) is 0.864. The molecule has 4 nitrogen and oxygen atoms in total. The first-order valence-corrected chi connectivity index (χ1v) is 6.54. The molecule has 1 unspecified atom stereocenters. The second kappa shape index (κ2) is 5.24. The van der Waals surface area contributed by atoms with Crippen LogP contribution in [0.1, 0.15) is 49.3 Å². The van der Waals surface area contributed by atoms with Crippen molar-refractivity contribution >= 4 is 5.82 Å². The lowest BCUT2D eigenvalue weighted by Crippen LogP contribution is -2.40. The largest absolute Gasteiger partial charge is 0.385 e. The molecule has 1 aliphatic carbocycles.